The van der Waals surface area contributed by atoms with Crippen LogP contribution in [-0.2, 0) is 11.3 Å². The highest BCUT2D eigenvalue weighted by Crippen LogP contribution is 1.94. The van der Waals surface area contributed by atoms with E-state index in [4.69, 9.17) is 0 Å². The summed E-state index contributed by atoms with van der Waals surface area (Å²) in [6, 6.07) is 3.73. The lowest BCUT2D eigenvalue weighted by molar-refractivity contribution is -0.120. The monoisotopic (exact) mass is 179 g/mol. The topological polar surface area (TPSA) is 54.9 Å². The SMILES string of the molecule is CCC(=O)NCc1ccc(C)nn1. The zero-order valence-electron chi connectivity index (χ0n) is 7.87. The van der Waals surface area contributed by atoms with Crippen LogP contribution in [0, 0.1) is 6.92 Å². The van der Waals surface area contributed by atoms with Crippen LogP contribution in [0.5, 0.6) is 0 Å². The summed E-state index contributed by atoms with van der Waals surface area (Å²) < 4.78 is 0. The molecule has 13 heavy (non-hydrogen) atoms. The summed E-state index contributed by atoms with van der Waals surface area (Å²) in [5, 5.41) is 10.5. The van der Waals surface area contributed by atoms with E-state index in [-0.39, 0.29) is 5.91 Å². The van der Waals surface area contributed by atoms with Gasteiger partial charge in [0, 0.05) is 6.42 Å². The number of carbonyl (C=O) groups excluding carboxylic acids is 1. The molecule has 70 valence electrons. The number of aryl methyl sites for hydroxylation is 1. The predicted octanol–water partition coefficient (Wildman–Crippen LogP) is 0.811. The van der Waals surface area contributed by atoms with Crippen molar-refractivity contribution in [1.82, 2.24) is 15.5 Å². The maximum absolute atomic E-state index is 10.9. The first-order chi connectivity index (χ1) is 6.22. The second kappa shape index (κ2) is 4.54. The van der Waals surface area contributed by atoms with Gasteiger partial charge in [0.05, 0.1) is 17.9 Å². The van der Waals surface area contributed by atoms with Gasteiger partial charge in [-0.1, -0.05) is 6.92 Å². The number of rotatable bonds is 3. The zero-order valence-corrected chi connectivity index (χ0v) is 7.87. The Hall–Kier alpha value is -1.45. The number of carbonyl (C=O) groups is 1. The molecule has 0 spiro atoms. The summed E-state index contributed by atoms with van der Waals surface area (Å²) in [4.78, 5) is 10.9. The molecule has 4 heteroatoms. The van der Waals surface area contributed by atoms with Gasteiger partial charge in [0.25, 0.3) is 0 Å². The van der Waals surface area contributed by atoms with E-state index in [1.165, 1.54) is 0 Å². The Labute approximate surface area is 77.4 Å². The molecule has 0 atom stereocenters. The average molecular weight is 179 g/mol. The highest BCUT2D eigenvalue weighted by atomic mass is 16.1. The summed E-state index contributed by atoms with van der Waals surface area (Å²) in [7, 11) is 0. The molecule has 0 aliphatic heterocycles. The van der Waals surface area contributed by atoms with Gasteiger partial charge in [0.2, 0.25) is 5.91 Å². The lowest BCUT2D eigenvalue weighted by Crippen LogP contribution is -2.22. The van der Waals surface area contributed by atoms with Crippen molar-refractivity contribution in [1.29, 1.82) is 0 Å². The van der Waals surface area contributed by atoms with Gasteiger partial charge in [-0.25, -0.2) is 0 Å². The van der Waals surface area contributed by atoms with Crippen LogP contribution < -0.4 is 5.32 Å². The van der Waals surface area contributed by atoms with Crippen LogP contribution in [0.3, 0.4) is 0 Å². The number of nitrogens with zero attached hydrogens (tertiary/aromatic N) is 2. The number of amides is 1. The van der Waals surface area contributed by atoms with Crippen LogP contribution >= 0.6 is 0 Å². The van der Waals surface area contributed by atoms with Gasteiger partial charge in [0.15, 0.2) is 0 Å². The van der Waals surface area contributed by atoms with Crippen molar-refractivity contribution in [2.45, 2.75) is 26.8 Å². The van der Waals surface area contributed by atoms with Crippen LogP contribution in [-0.4, -0.2) is 16.1 Å². The van der Waals surface area contributed by atoms with Gasteiger partial charge in [-0.2, -0.15) is 10.2 Å². The molecule has 0 bridgehead atoms. The van der Waals surface area contributed by atoms with Crippen molar-refractivity contribution in [3.8, 4) is 0 Å². The Bertz CT molecular complexity index is 281. The fourth-order valence-corrected chi connectivity index (χ4v) is 0.835. The minimum Gasteiger partial charge on any atom is -0.350 e. The molecule has 0 radical (unpaired) electrons. The first-order valence-electron chi connectivity index (χ1n) is 4.28. The maximum Gasteiger partial charge on any atom is 0.220 e. The summed E-state index contributed by atoms with van der Waals surface area (Å²) in [6.45, 7) is 4.15. The molecule has 0 saturated carbocycles. The van der Waals surface area contributed by atoms with E-state index in [2.05, 4.69) is 15.5 Å². The van der Waals surface area contributed by atoms with Crippen molar-refractivity contribution < 1.29 is 4.79 Å². The Morgan fingerprint density at radius 2 is 2.23 bits per heavy atom. The molecule has 4 nitrogen and oxygen atoms in total. The third-order valence-corrected chi connectivity index (χ3v) is 1.64. The van der Waals surface area contributed by atoms with Crippen LogP contribution in [0.25, 0.3) is 0 Å². The highest BCUT2D eigenvalue weighted by molar-refractivity contribution is 5.75. The van der Waals surface area contributed by atoms with E-state index in [0.717, 1.165) is 11.4 Å². The zero-order chi connectivity index (χ0) is 9.68. The molecule has 1 aromatic heterocycles. The average Bonchev–Trinajstić information content (AvgIpc) is 2.16. The van der Waals surface area contributed by atoms with Crippen molar-refractivity contribution in [3.05, 3.63) is 23.5 Å². The van der Waals surface area contributed by atoms with E-state index in [9.17, 15) is 4.79 Å². The van der Waals surface area contributed by atoms with Gasteiger partial charge < -0.3 is 5.32 Å². The number of aromatic nitrogens is 2. The first kappa shape index (κ1) is 9.64. The Balaban J connectivity index is 2.46. The molecule has 0 aromatic carbocycles. The second-order valence-electron chi connectivity index (χ2n) is 2.80. The summed E-state index contributed by atoms with van der Waals surface area (Å²) in [6.07, 6.45) is 0.499. The first-order valence-corrected chi connectivity index (χ1v) is 4.28. The lowest BCUT2D eigenvalue weighted by Gasteiger charge is -2.01. The minimum absolute atomic E-state index is 0.0300. The molecule has 0 fully saturated rings. The third kappa shape index (κ3) is 3.19. The molecule has 0 saturated heterocycles. The fourth-order valence-electron chi connectivity index (χ4n) is 0.835. The second-order valence-corrected chi connectivity index (χ2v) is 2.80. The van der Waals surface area contributed by atoms with Gasteiger partial charge in [-0.05, 0) is 19.1 Å². The van der Waals surface area contributed by atoms with Crippen LogP contribution in [0.1, 0.15) is 24.7 Å². The number of hydrogen-bond acceptors (Lipinski definition) is 3. The van der Waals surface area contributed by atoms with E-state index in [1.807, 2.05) is 26.0 Å². The summed E-state index contributed by atoms with van der Waals surface area (Å²) >= 11 is 0. The standard InChI is InChI=1S/C9H13N3O/c1-3-9(13)10-6-8-5-4-7(2)11-12-8/h4-5H,3,6H2,1-2H3,(H,10,13). The molecule has 1 rings (SSSR count). The van der Waals surface area contributed by atoms with E-state index >= 15 is 0 Å². The molecular formula is C9H13N3O. The van der Waals surface area contributed by atoms with Gasteiger partial charge in [-0.15, -0.1) is 0 Å². The van der Waals surface area contributed by atoms with Gasteiger partial charge in [-0.3, -0.25) is 4.79 Å². The molecule has 0 aliphatic rings. The highest BCUT2D eigenvalue weighted by Gasteiger charge is 1.98. The third-order valence-electron chi connectivity index (χ3n) is 1.64. The van der Waals surface area contributed by atoms with E-state index < -0.39 is 0 Å². The fraction of sp³-hybridized carbons (Fsp3) is 0.444. The van der Waals surface area contributed by atoms with E-state index in [1.54, 1.807) is 0 Å². The molecule has 1 N–H and O–H groups in total. The molecule has 1 amide bonds. The quantitative estimate of drug-likeness (QED) is 0.747. The normalized spacial score (nSPS) is 9.69. The number of hydrogen-bond donors (Lipinski definition) is 1. The smallest absolute Gasteiger partial charge is 0.220 e. The molecule has 1 aromatic rings. The Kier molecular flexibility index (Phi) is 3.37. The number of nitrogens with one attached hydrogen (secondary N) is 1. The molecule has 0 aliphatic carbocycles. The molecule has 0 unspecified atom stereocenters. The predicted molar refractivity (Wildman–Crippen MR) is 48.9 cm³/mol. The molecule has 1 heterocycles. The van der Waals surface area contributed by atoms with Crippen molar-refractivity contribution in [3.63, 3.8) is 0 Å². The Morgan fingerprint density at radius 3 is 2.77 bits per heavy atom. The van der Waals surface area contributed by atoms with E-state index in [0.29, 0.717) is 13.0 Å². The molecular weight excluding hydrogens is 166 g/mol. The largest absolute Gasteiger partial charge is 0.350 e. The maximum atomic E-state index is 10.9. The van der Waals surface area contributed by atoms with Crippen molar-refractivity contribution in [2.24, 2.45) is 0 Å². The van der Waals surface area contributed by atoms with Gasteiger partial charge >= 0.3 is 0 Å². The van der Waals surface area contributed by atoms with Crippen LogP contribution in [0.4, 0.5) is 0 Å². The van der Waals surface area contributed by atoms with Crippen LogP contribution in [0.2, 0.25) is 0 Å². The van der Waals surface area contributed by atoms with Gasteiger partial charge in [0.1, 0.15) is 0 Å². The van der Waals surface area contributed by atoms with Crippen molar-refractivity contribution in [2.75, 3.05) is 0 Å². The Morgan fingerprint density at radius 1 is 1.46 bits per heavy atom. The summed E-state index contributed by atoms with van der Waals surface area (Å²) in [5.74, 6) is 0.0300. The summed E-state index contributed by atoms with van der Waals surface area (Å²) in [5.41, 5.74) is 1.66. The van der Waals surface area contributed by atoms with Crippen LogP contribution in [0.15, 0.2) is 12.1 Å². The van der Waals surface area contributed by atoms with Crippen molar-refractivity contribution >= 4 is 5.91 Å². The minimum atomic E-state index is 0.0300. The lowest BCUT2D eigenvalue weighted by atomic mass is 10.3.